The molecule has 0 aliphatic carbocycles. The molecule has 0 aliphatic rings. The topological polar surface area (TPSA) is 144 Å². The number of carboxylic acids is 1. The van der Waals surface area contributed by atoms with Crippen molar-refractivity contribution >= 4 is 39.4 Å². The van der Waals surface area contributed by atoms with Crippen molar-refractivity contribution in [2.24, 2.45) is 0 Å². The number of nitrogens with one attached hydrogen (secondary N) is 2. The largest absolute Gasteiger partial charge is 0.493 e. The number of aromatic nitrogens is 1. The fourth-order valence-electron chi connectivity index (χ4n) is 2.95. The third-order valence-corrected chi connectivity index (χ3v) is 5.88. The molecule has 34 heavy (non-hydrogen) atoms. The van der Waals surface area contributed by atoms with E-state index in [0.29, 0.717) is 11.3 Å². The van der Waals surface area contributed by atoms with Gasteiger partial charge in [0.25, 0.3) is 15.9 Å². The zero-order valence-electron chi connectivity index (χ0n) is 18.2. The molecule has 1 heterocycles. The standard InChI is InChI=1S/C23H21N3O7S/c1-32-19-12-15(5-10-21(27)28)13-20(22(19)33-2)34(30,31)26-17-8-6-16(7-9-17)23(29)25-18-4-3-11-24-14-18/h3-14,26H,1-2H3,(H,25,29)(H,27,28)/b10-5+. The lowest BCUT2D eigenvalue weighted by molar-refractivity contribution is -0.131. The van der Waals surface area contributed by atoms with Crippen LogP contribution in [-0.4, -0.2) is 44.6 Å². The van der Waals surface area contributed by atoms with E-state index in [4.69, 9.17) is 14.6 Å². The van der Waals surface area contributed by atoms with E-state index in [1.807, 2.05) is 0 Å². The number of pyridine rings is 1. The highest BCUT2D eigenvalue weighted by atomic mass is 32.2. The molecule has 3 aromatic rings. The van der Waals surface area contributed by atoms with E-state index in [1.54, 1.807) is 18.3 Å². The third kappa shape index (κ3) is 5.90. The number of carbonyl (C=O) groups excluding carboxylic acids is 1. The van der Waals surface area contributed by atoms with Crippen LogP contribution in [0.2, 0.25) is 0 Å². The maximum atomic E-state index is 13.1. The number of aliphatic carboxylic acids is 1. The molecule has 3 N–H and O–H groups in total. The first-order valence-electron chi connectivity index (χ1n) is 9.75. The number of anilines is 2. The summed E-state index contributed by atoms with van der Waals surface area (Å²) in [5.41, 5.74) is 1.32. The fourth-order valence-corrected chi connectivity index (χ4v) is 4.23. The highest BCUT2D eigenvalue weighted by Gasteiger charge is 2.24. The SMILES string of the molecule is COc1cc(/C=C/C(=O)O)cc(S(=O)(=O)Nc2ccc(C(=O)Nc3cccnc3)cc2)c1OC. The number of rotatable bonds is 9. The predicted octanol–water partition coefficient (Wildman–Crippen LogP) is 3.25. The minimum Gasteiger partial charge on any atom is -0.493 e. The van der Waals surface area contributed by atoms with E-state index >= 15 is 0 Å². The number of carbonyl (C=O) groups is 2. The minimum absolute atomic E-state index is 0.0463. The van der Waals surface area contributed by atoms with Gasteiger partial charge in [0.05, 0.1) is 26.1 Å². The maximum Gasteiger partial charge on any atom is 0.328 e. The van der Waals surface area contributed by atoms with Gasteiger partial charge in [-0.1, -0.05) is 0 Å². The van der Waals surface area contributed by atoms with Gasteiger partial charge >= 0.3 is 5.97 Å². The zero-order valence-corrected chi connectivity index (χ0v) is 19.0. The van der Waals surface area contributed by atoms with Gasteiger partial charge in [-0.05, 0) is 60.2 Å². The lowest BCUT2D eigenvalue weighted by Gasteiger charge is -2.15. The van der Waals surface area contributed by atoms with Gasteiger partial charge in [-0.15, -0.1) is 0 Å². The Kier molecular flexibility index (Phi) is 7.49. The lowest BCUT2D eigenvalue weighted by atomic mass is 10.2. The van der Waals surface area contributed by atoms with Crippen molar-refractivity contribution in [3.8, 4) is 11.5 Å². The van der Waals surface area contributed by atoms with E-state index < -0.39 is 16.0 Å². The molecule has 10 nitrogen and oxygen atoms in total. The van der Waals surface area contributed by atoms with E-state index in [2.05, 4.69) is 15.0 Å². The van der Waals surface area contributed by atoms with Gasteiger partial charge in [0.2, 0.25) is 0 Å². The molecule has 0 fully saturated rings. The Morgan fingerprint density at radius 2 is 1.76 bits per heavy atom. The average Bonchev–Trinajstić information content (AvgIpc) is 2.82. The molecule has 0 aliphatic heterocycles. The van der Waals surface area contributed by atoms with Gasteiger partial charge in [0.15, 0.2) is 11.5 Å². The van der Waals surface area contributed by atoms with Crippen LogP contribution in [0.25, 0.3) is 6.08 Å². The second kappa shape index (κ2) is 10.5. The summed E-state index contributed by atoms with van der Waals surface area (Å²) in [5.74, 6) is -1.51. The van der Waals surface area contributed by atoms with Crippen LogP contribution in [0.3, 0.4) is 0 Å². The number of benzene rings is 2. The molecule has 0 radical (unpaired) electrons. The molecule has 1 aromatic heterocycles. The summed E-state index contributed by atoms with van der Waals surface area (Å²) in [6.07, 6.45) is 5.19. The Bertz CT molecular complexity index is 1320. The van der Waals surface area contributed by atoms with E-state index in [1.165, 1.54) is 62.9 Å². The van der Waals surface area contributed by atoms with Crippen molar-refractivity contribution in [1.82, 2.24) is 4.98 Å². The number of hydrogen-bond donors (Lipinski definition) is 3. The second-order valence-corrected chi connectivity index (χ2v) is 8.46. The number of hydrogen-bond acceptors (Lipinski definition) is 7. The summed E-state index contributed by atoms with van der Waals surface area (Å²) in [6.45, 7) is 0. The molecule has 0 spiro atoms. The molecular formula is C23H21N3O7S. The molecule has 2 aromatic carbocycles. The Morgan fingerprint density at radius 1 is 1.03 bits per heavy atom. The Labute approximate surface area is 195 Å². The Balaban J connectivity index is 1.87. The van der Waals surface area contributed by atoms with Gasteiger partial charge < -0.3 is 19.9 Å². The number of ether oxygens (including phenoxy) is 2. The van der Waals surface area contributed by atoms with Crippen molar-refractivity contribution in [2.75, 3.05) is 24.3 Å². The van der Waals surface area contributed by atoms with Crippen LogP contribution in [0.1, 0.15) is 15.9 Å². The van der Waals surface area contributed by atoms with Gasteiger partial charge in [-0.3, -0.25) is 14.5 Å². The number of methoxy groups -OCH3 is 2. The second-order valence-electron chi connectivity index (χ2n) is 6.80. The molecule has 176 valence electrons. The molecular weight excluding hydrogens is 462 g/mol. The van der Waals surface area contributed by atoms with Crippen molar-refractivity contribution in [1.29, 1.82) is 0 Å². The zero-order chi connectivity index (χ0) is 24.7. The van der Waals surface area contributed by atoms with Crippen LogP contribution < -0.4 is 19.5 Å². The maximum absolute atomic E-state index is 13.1. The van der Waals surface area contributed by atoms with E-state index in [9.17, 15) is 18.0 Å². The van der Waals surface area contributed by atoms with Crippen molar-refractivity contribution < 1.29 is 32.6 Å². The third-order valence-electron chi connectivity index (χ3n) is 4.49. The van der Waals surface area contributed by atoms with Crippen LogP contribution in [0.4, 0.5) is 11.4 Å². The summed E-state index contributed by atoms with van der Waals surface area (Å²) >= 11 is 0. The number of sulfonamides is 1. The van der Waals surface area contributed by atoms with Gasteiger partial charge in [0.1, 0.15) is 4.90 Å². The molecule has 3 rings (SSSR count). The van der Waals surface area contributed by atoms with Gasteiger partial charge in [0, 0.05) is 23.5 Å². The van der Waals surface area contributed by atoms with Crippen LogP contribution in [-0.2, 0) is 14.8 Å². The van der Waals surface area contributed by atoms with Crippen LogP contribution in [0.15, 0.2) is 71.9 Å². The molecule has 0 bridgehead atoms. The van der Waals surface area contributed by atoms with Crippen LogP contribution in [0.5, 0.6) is 11.5 Å². The smallest absolute Gasteiger partial charge is 0.328 e. The van der Waals surface area contributed by atoms with Gasteiger partial charge in [-0.2, -0.15) is 0 Å². The molecule has 0 saturated heterocycles. The van der Waals surface area contributed by atoms with E-state index in [0.717, 1.165) is 6.08 Å². The molecule has 1 amide bonds. The molecule has 0 saturated carbocycles. The summed E-state index contributed by atoms with van der Waals surface area (Å²) in [4.78, 5) is 26.9. The first-order valence-corrected chi connectivity index (χ1v) is 11.2. The summed E-state index contributed by atoms with van der Waals surface area (Å²) in [7, 11) is -1.55. The highest BCUT2D eigenvalue weighted by molar-refractivity contribution is 7.92. The average molecular weight is 484 g/mol. The highest BCUT2D eigenvalue weighted by Crippen LogP contribution is 2.37. The van der Waals surface area contributed by atoms with Crippen molar-refractivity contribution in [3.63, 3.8) is 0 Å². The Hall–Kier alpha value is -4.38. The minimum atomic E-state index is -4.18. The van der Waals surface area contributed by atoms with Crippen LogP contribution >= 0.6 is 0 Å². The number of nitrogens with zero attached hydrogens (tertiary/aromatic N) is 1. The first-order chi connectivity index (χ1) is 16.2. The molecule has 11 heteroatoms. The first kappa shape index (κ1) is 24.3. The van der Waals surface area contributed by atoms with Crippen LogP contribution in [0, 0.1) is 0 Å². The summed E-state index contributed by atoms with van der Waals surface area (Å²) in [6, 6.07) is 11.9. The number of carboxylic acid groups (broad SMARTS) is 1. The van der Waals surface area contributed by atoms with Gasteiger partial charge in [-0.25, -0.2) is 13.2 Å². The monoisotopic (exact) mass is 483 g/mol. The lowest BCUT2D eigenvalue weighted by Crippen LogP contribution is -2.15. The number of amides is 1. The van der Waals surface area contributed by atoms with Crippen molar-refractivity contribution in [3.05, 3.63) is 78.1 Å². The summed E-state index contributed by atoms with van der Waals surface area (Å²) < 4.78 is 39.1. The summed E-state index contributed by atoms with van der Waals surface area (Å²) in [5, 5.41) is 11.6. The molecule has 0 unspecified atom stereocenters. The van der Waals surface area contributed by atoms with Crippen molar-refractivity contribution in [2.45, 2.75) is 4.90 Å². The fraction of sp³-hybridized carbons (Fsp3) is 0.0870. The predicted molar refractivity (Wildman–Crippen MR) is 126 cm³/mol. The normalized spacial score (nSPS) is 11.1. The quantitative estimate of drug-likeness (QED) is 0.394. The van der Waals surface area contributed by atoms with E-state index in [-0.39, 0.29) is 33.6 Å². The Morgan fingerprint density at radius 3 is 2.35 bits per heavy atom. The molecule has 0 atom stereocenters.